The molecule has 0 aliphatic carbocycles. The number of hydrogen-bond donors (Lipinski definition) is 1. The molecule has 112 valence electrons. The zero-order chi connectivity index (χ0) is 15.1. The van der Waals surface area contributed by atoms with Gasteiger partial charge in [0, 0.05) is 6.54 Å². The maximum Gasteiger partial charge on any atom is 0.322 e. The molecule has 1 aromatic heterocycles. The number of anilines is 1. The molecule has 0 bridgehead atoms. The van der Waals surface area contributed by atoms with E-state index in [4.69, 9.17) is 16.3 Å². The predicted octanol–water partition coefficient (Wildman–Crippen LogP) is 3.53. The second-order valence-electron chi connectivity index (χ2n) is 4.75. The van der Waals surface area contributed by atoms with E-state index in [1.165, 1.54) is 5.56 Å². The van der Waals surface area contributed by atoms with Crippen LogP contribution in [0.15, 0.2) is 30.3 Å². The number of benzene rings is 1. The van der Waals surface area contributed by atoms with Crippen molar-refractivity contribution in [2.45, 2.75) is 26.2 Å². The van der Waals surface area contributed by atoms with Crippen LogP contribution >= 0.6 is 11.6 Å². The maximum atomic E-state index is 5.88. The lowest BCUT2D eigenvalue weighted by molar-refractivity contribution is 0.291. The third-order valence-corrected chi connectivity index (χ3v) is 3.13. The van der Waals surface area contributed by atoms with E-state index in [1.807, 2.05) is 25.1 Å². The Morgan fingerprint density at radius 2 is 1.95 bits per heavy atom. The number of aromatic nitrogens is 3. The molecule has 1 atom stereocenters. The van der Waals surface area contributed by atoms with E-state index < -0.39 is 0 Å². The summed E-state index contributed by atoms with van der Waals surface area (Å²) in [7, 11) is 0. The van der Waals surface area contributed by atoms with Gasteiger partial charge in [-0.2, -0.15) is 15.0 Å². The Bertz CT molecular complexity index is 565. The van der Waals surface area contributed by atoms with Crippen molar-refractivity contribution in [3.05, 3.63) is 41.2 Å². The molecule has 0 spiro atoms. The molecule has 1 heterocycles. The quantitative estimate of drug-likeness (QED) is 0.848. The first-order valence-corrected chi connectivity index (χ1v) is 7.40. The van der Waals surface area contributed by atoms with Crippen LogP contribution in [-0.4, -0.2) is 28.1 Å². The monoisotopic (exact) mass is 306 g/mol. The van der Waals surface area contributed by atoms with Gasteiger partial charge in [-0.25, -0.2) is 0 Å². The fourth-order valence-corrected chi connectivity index (χ4v) is 1.97. The van der Waals surface area contributed by atoms with Gasteiger partial charge < -0.3 is 10.1 Å². The van der Waals surface area contributed by atoms with E-state index >= 15 is 0 Å². The molecule has 2 aromatic rings. The van der Waals surface area contributed by atoms with Crippen molar-refractivity contribution < 1.29 is 4.74 Å². The fraction of sp³-hybridized carbons (Fsp3) is 0.400. The number of rotatable bonds is 7. The average Bonchev–Trinajstić information content (AvgIpc) is 2.51. The van der Waals surface area contributed by atoms with E-state index in [0.717, 1.165) is 6.42 Å². The predicted molar refractivity (Wildman–Crippen MR) is 84.0 cm³/mol. The SMILES string of the molecule is CCCOc1nc(Cl)nc(NCC(C)c2ccccc2)n1. The van der Waals surface area contributed by atoms with Gasteiger partial charge in [0.2, 0.25) is 11.2 Å². The first kappa shape index (κ1) is 15.5. The van der Waals surface area contributed by atoms with Crippen LogP contribution in [0.3, 0.4) is 0 Å². The van der Waals surface area contributed by atoms with E-state index in [2.05, 4.69) is 39.3 Å². The molecule has 1 aromatic carbocycles. The summed E-state index contributed by atoms with van der Waals surface area (Å²) in [5, 5.41) is 3.30. The van der Waals surface area contributed by atoms with Crippen molar-refractivity contribution in [2.24, 2.45) is 0 Å². The molecule has 5 nitrogen and oxygen atoms in total. The molecule has 1 unspecified atom stereocenters. The van der Waals surface area contributed by atoms with Gasteiger partial charge in [0.05, 0.1) is 6.61 Å². The molecule has 0 aliphatic heterocycles. The fourth-order valence-electron chi connectivity index (χ4n) is 1.81. The molecular formula is C15H19ClN4O. The molecule has 0 aliphatic rings. The lowest BCUT2D eigenvalue weighted by Crippen LogP contribution is -2.13. The van der Waals surface area contributed by atoms with Crippen LogP contribution in [0.2, 0.25) is 5.28 Å². The van der Waals surface area contributed by atoms with Gasteiger partial charge in [0.1, 0.15) is 0 Å². The van der Waals surface area contributed by atoms with Gasteiger partial charge in [-0.05, 0) is 29.5 Å². The number of hydrogen-bond acceptors (Lipinski definition) is 5. The molecule has 0 amide bonds. The van der Waals surface area contributed by atoms with Crippen molar-refractivity contribution in [3.8, 4) is 6.01 Å². The minimum absolute atomic E-state index is 0.131. The number of ether oxygens (including phenoxy) is 1. The highest BCUT2D eigenvalue weighted by Crippen LogP contribution is 2.16. The number of nitrogens with one attached hydrogen (secondary N) is 1. The Balaban J connectivity index is 1.97. The molecule has 21 heavy (non-hydrogen) atoms. The molecule has 1 N–H and O–H groups in total. The Morgan fingerprint density at radius 3 is 2.67 bits per heavy atom. The van der Waals surface area contributed by atoms with E-state index in [9.17, 15) is 0 Å². The number of nitrogens with zero attached hydrogens (tertiary/aromatic N) is 3. The summed E-state index contributed by atoms with van der Waals surface area (Å²) in [4.78, 5) is 12.2. The first-order valence-electron chi connectivity index (χ1n) is 7.02. The molecule has 0 saturated heterocycles. The molecule has 0 radical (unpaired) electrons. The normalized spacial score (nSPS) is 12.0. The van der Waals surface area contributed by atoms with Crippen molar-refractivity contribution >= 4 is 17.5 Å². The number of halogens is 1. The summed E-state index contributed by atoms with van der Waals surface area (Å²) < 4.78 is 5.38. The van der Waals surface area contributed by atoms with Crippen molar-refractivity contribution in [3.63, 3.8) is 0 Å². The van der Waals surface area contributed by atoms with Gasteiger partial charge in [0.25, 0.3) is 0 Å². The average molecular weight is 307 g/mol. The van der Waals surface area contributed by atoms with E-state index in [-0.39, 0.29) is 11.3 Å². The second-order valence-corrected chi connectivity index (χ2v) is 5.09. The van der Waals surface area contributed by atoms with Gasteiger partial charge in [-0.1, -0.05) is 44.2 Å². The largest absolute Gasteiger partial charge is 0.463 e. The van der Waals surface area contributed by atoms with Crippen LogP contribution in [0.25, 0.3) is 0 Å². The highest BCUT2D eigenvalue weighted by atomic mass is 35.5. The van der Waals surface area contributed by atoms with Gasteiger partial charge in [-0.15, -0.1) is 0 Å². The highest BCUT2D eigenvalue weighted by molar-refractivity contribution is 6.28. The van der Waals surface area contributed by atoms with Crippen molar-refractivity contribution in [1.29, 1.82) is 0 Å². The van der Waals surface area contributed by atoms with E-state index in [1.54, 1.807) is 0 Å². The van der Waals surface area contributed by atoms with Crippen molar-refractivity contribution in [2.75, 3.05) is 18.5 Å². The zero-order valence-corrected chi connectivity index (χ0v) is 13.0. The maximum absolute atomic E-state index is 5.88. The zero-order valence-electron chi connectivity index (χ0n) is 12.2. The third-order valence-electron chi connectivity index (χ3n) is 2.96. The van der Waals surface area contributed by atoms with Crippen LogP contribution < -0.4 is 10.1 Å². The Labute approximate surface area is 129 Å². The van der Waals surface area contributed by atoms with Crippen LogP contribution in [0.1, 0.15) is 31.7 Å². The summed E-state index contributed by atoms with van der Waals surface area (Å²) in [6.45, 7) is 5.42. The topological polar surface area (TPSA) is 59.9 Å². The van der Waals surface area contributed by atoms with Crippen LogP contribution in [0.4, 0.5) is 5.95 Å². The van der Waals surface area contributed by atoms with Gasteiger partial charge in [0.15, 0.2) is 0 Å². The minimum atomic E-state index is 0.131. The highest BCUT2D eigenvalue weighted by Gasteiger charge is 2.09. The third kappa shape index (κ3) is 4.86. The lowest BCUT2D eigenvalue weighted by atomic mass is 10.0. The van der Waals surface area contributed by atoms with E-state index in [0.29, 0.717) is 25.0 Å². The minimum Gasteiger partial charge on any atom is -0.463 e. The molecule has 0 fully saturated rings. The van der Waals surface area contributed by atoms with Crippen LogP contribution in [-0.2, 0) is 0 Å². The van der Waals surface area contributed by atoms with Crippen LogP contribution in [0.5, 0.6) is 6.01 Å². The molecule has 2 rings (SSSR count). The van der Waals surface area contributed by atoms with Crippen molar-refractivity contribution in [1.82, 2.24) is 15.0 Å². The summed E-state index contributed by atoms with van der Waals surface area (Å²) in [5.74, 6) is 0.769. The summed E-state index contributed by atoms with van der Waals surface area (Å²) in [6.07, 6.45) is 0.886. The lowest BCUT2D eigenvalue weighted by Gasteiger charge is -2.13. The summed E-state index contributed by atoms with van der Waals surface area (Å²) in [5.41, 5.74) is 1.26. The standard InChI is InChI=1S/C15H19ClN4O/c1-3-9-21-15-19-13(16)18-14(20-15)17-10-11(2)12-7-5-4-6-8-12/h4-8,11H,3,9-10H2,1-2H3,(H,17,18,19,20). The van der Waals surface area contributed by atoms with Gasteiger partial charge in [-0.3, -0.25) is 0 Å². The summed E-state index contributed by atoms with van der Waals surface area (Å²) >= 11 is 5.88. The summed E-state index contributed by atoms with van der Waals surface area (Å²) in [6, 6.07) is 10.5. The van der Waals surface area contributed by atoms with Gasteiger partial charge >= 0.3 is 6.01 Å². The Kier molecular flexibility index (Phi) is 5.75. The Morgan fingerprint density at radius 1 is 1.19 bits per heavy atom. The first-order chi connectivity index (χ1) is 10.2. The molecule has 0 saturated carbocycles. The Hall–Kier alpha value is -1.88. The van der Waals surface area contributed by atoms with Crippen LogP contribution in [0, 0.1) is 0 Å². The second kappa shape index (κ2) is 7.78. The smallest absolute Gasteiger partial charge is 0.322 e. The molecule has 6 heteroatoms. The molecular weight excluding hydrogens is 288 g/mol.